The summed E-state index contributed by atoms with van der Waals surface area (Å²) in [6.07, 6.45) is 3.06. The van der Waals surface area contributed by atoms with Gasteiger partial charge in [0.15, 0.2) is 0 Å². The minimum Gasteiger partial charge on any atom is -0.308 e. The van der Waals surface area contributed by atoms with E-state index in [9.17, 15) is 0 Å². The van der Waals surface area contributed by atoms with Crippen LogP contribution in [-0.2, 0) is 6.54 Å². The van der Waals surface area contributed by atoms with Crippen LogP contribution in [0.5, 0.6) is 0 Å². The molecule has 0 aliphatic carbocycles. The van der Waals surface area contributed by atoms with E-state index in [1.807, 2.05) is 12.3 Å². The van der Waals surface area contributed by atoms with Gasteiger partial charge in [0.25, 0.3) is 0 Å². The average Bonchev–Trinajstić information content (AvgIpc) is 2.30. The van der Waals surface area contributed by atoms with Gasteiger partial charge in [0.2, 0.25) is 0 Å². The Labute approximate surface area is 126 Å². The van der Waals surface area contributed by atoms with Crippen LogP contribution in [0.3, 0.4) is 0 Å². The summed E-state index contributed by atoms with van der Waals surface area (Å²) in [5.74, 6) is 0.693. The Kier molecular flexibility index (Phi) is 5.18. The van der Waals surface area contributed by atoms with Crippen molar-refractivity contribution in [2.24, 2.45) is 5.92 Å². The maximum absolute atomic E-state index is 4.44. The van der Waals surface area contributed by atoms with Gasteiger partial charge in [-0.3, -0.25) is 4.98 Å². The molecular formula is C13H19Br2N3. The lowest BCUT2D eigenvalue weighted by Gasteiger charge is -2.35. The van der Waals surface area contributed by atoms with E-state index in [1.54, 1.807) is 0 Å². The minimum atomic E-state index is 0.596. The third-order valence-corrected chi connectivity index (χ3v) is 4.64. The topological polar surface area (TPSA) is 28.2 Å². The number of aromatic nitrogens is 1. The molecule has 0 aromatic carbocycles. The van der Waals surface area contributed by atoms with E-state index < -0.39 is 0 Å². The third-order valence-electron chi connectivity index (χ3n) is 3.52. The fraction of sp³-hybridized carbons (Fsp3) is 0.615. The third kappa shape index (κ3) is 3.76. The first-order chi connectivity index (χ1) is 8.56. The number of rotatable bonds is 3. The van der Waals surface area contributed by atoms with Crippen molar-refractivity contribution in [1.82, 2.24) is 15.2 Å². The van der Waals surface area contributed by atoms with Gasteiger partial charge in [-0.2, -0.15) is 0 Å². The highest BCUT2D eigenvalue weighted by Gasteiger charge is 2.23. The number of halogens is 2. The van der Waals surface area contributed by atoms with Crippen LogP contribution in [0.1, 0.15) is 19.0 Å². The highest BCUT2D eigenvalue weighted by molar-refractivity contribution is 9.11. The van der Waals surface area contributed by atoms with E-state index in [0.29, 0.717) is 12.0 Å². The Balaban J connectivity index is 1.91. The molecule has 0 saturated carbocycles. The van der Waals surface area contributed by atoms with Crippen LogP contribution in [0.4, 0.5) is 0 Å². The number of hydrogen-bond donors (Lipinski definition) is 1. The van der Waals surface area contributed by atoms with E-state index in [0.717, 1.165) is 21.2 Å². The maximum atomic E-state index is 4.44. The second-order valence-corrected chi connectivity index (χ2v) is 6.87. The summed E-state index contributed by atoms with van der Waals surface area (Å²) in [6, 6.07) is 2.64. The van der Waals surface area contributed by atoms with E-state index in [4.69, 9.17) is 0 Å². The molecule has 0 spiro atoms. The molecule has 2 rings (SSSR count). The van der Waals surface area contributed by atoms with Crippen molar-refractivity contribution in [1.29, 1.82) is 0 Å². The molecule has 2 unspecified atom stereocenters. The molecule has 5 heteroatoms. The van der Waals surface area contributed by atoms with E-state index >= 15 is 0 Å². The summed E-state index contributed by atoms with van der Waals surface area (Å²) in [4.78, 5) is 6.83. The number of pyridine rings is 1. The molecule has 0 amide bonds. The summed E-state index contributed by atoms with van der Waals surface area (Å²) >= 11 is 6.98. The summed E-state index contributed by atoms with van der Waals surface area (Å²) in [5, 5.41) is 3.63. The van der Waals surface area contributed by atoms with Crippen LogP contribution in [-0.4, -0.2) is 36.1 Å². The standard InChI is InChI=1S/C13H19Br2N3/c1-9-8-18(2)4-3-12(9)17-7-13-11(15)5-10(14)6-16-13/h5-6,9,12,17H,3-4,7-8H2,1-2H3. The van der Waals surface area contributed by atoms with Crippen molar-refractivity contribution in [2.45, 2.75) is 25.9 Å². The van der Waals surface area contributed by atoms with Crippen LogP contribution in [0.15, 0.2) is 21.2 Å². The van der Waals surface area contributed by atoms with Gasteiger partial charge in [-0.15, -0.1) is 0 Å². The molecule has 1 aromatic heterocycles. The van der Waals surface area contributed by atoms with Gasteiger partial charge >= 0.3 is 0 Å². The Morgan fingerprint density at radius 3 is 2.94 bits per heavy atom. The Morgan fingerprint density at radius 1 is 1.50 bits per heavy atom. The predicted octanol–water partition coefficient (Wildman–Crippen LogP) is 3.04. The van der Waals surface area contributed by atoms with Gasteiger partial charge in [0.05, 0.1) is 5.69 Å². The molecule has 100 valence electrons. The smallest absolute Gasteiger partial charge is 0.0684 e. The van der Waals surface area contributed by atoms with Crippen LogP contribution in [0.2, 0.25) is 0 Å². The van der Waals surface area contributed by atoms with Crippen molar-refractivity contribution in [3.63, 3.8) is 0 Å². The Hall–Kier alpha value is 0.0300. The fourth-order valence-corrected chi connectivity index (χ4v) is 3.59. The number of likely N-dealkylation sites (tertiary alicyclic amines) is 1. The lowest BCUT2D eigenvalue weighted by atomic mass is 9.94. The van der Waals surface area contributed by atoms with Crippen molar-refractivity contribution in [3.05, 3.63) is 26.9 Å². The largest absolute Gasteiger partial charge is 0.308 e. The molecule has 1 N–H and O–H groups in total. The molecule has 1 aromatic rings. The Bertz CT molecular complexity index is 411. The molecule has 2 heterocycles. The van der Waals surface area contributed by atoms with Crippen LogP contribution in [0.25, 0.3) is 0 Å². The zero-order valence-electron chi connectivity index (χ0n) is 10.8. The van der Waals surface area contributed by atoms with Gasteiger partial charge in [-0.1, -0.05) is 6.92 Å². The minimum absolute atomic E-state index is 0.596. The number of nitrogens with one attached hydrogen (secondary N) is 1. The maximum Gasteiger partial charge on any atom is 0.0684 e. The Morgan fingerprint density at radius 2 is 2.28 bits per heavy atom. The van der Waals surface area contributed by atoms with Gasteiger partial charge in [0, 0.05) is 34.3 Å². The van der Waals surface area contributed by atoms with Crippen molar-refractivity contribution in [3.8, 4) is 0 Å². The normalized spacial score (nSPS) is 25.3. The number of nitrogens with zero attached hydrogens (tertiary/aromatic N) is 2. The molecule has 3 nitrogen and oxygen atoms in total. The van der Waals surface area contributed by atoms with Crippen LogP contribution in [0, 0.1) is 5.92 Å². The SMILES string of the molecule is CC1CN(C)CCC1NCc1ncc(Br)cc1Br. The lowest BCUT2D eigenvalue weighted by Crippen LogP contribution is -2.46. The summed E-state index contributed by atoms with van der Waals surface area (Å²) in [7, 11) is 2.19. The molecule has 1 fully saturated rings. The zero-order chi connectivity index (χ0) is 13.1. The first kappa shape index (κ1) is 14.4. The van der Waals surface area contributed by atoms with Gasteiger partial charge in [-0.05, 0) is 63.9 Å². The van der Waals surface area contributed by atoms with E-state index in [1.165, 1.54) is 19.5 Å². The second kappa shape index (κ2) is 6.46. The predicted molar refractivity (Wildman–Crippen MR) is 81.5 cm³/mol. The second-order valence-electron chi connectivity index (χ2n) is 5.10. The molecule has 1 aliphatic heterocycles. The quantitative estimate of drug-likeness (QED) is 0.878. The molecule has 0 bridgehead atoms. The van der Waals surface area contributed by atoms with E-state index in [2.05, 4.69) is 61.0 Å². The summed E-state index contributed by atoms with van der Waals surface area (Å²) < 4.78 is 2.07. The summed E-state index contributed by atoms with van der Waals surface area (Å²) in [6.45, 7) is 5.49. The average molecular weight is 377 g/mol. The highest BCUT2D eigenvalue weighted by atomic mass is 79.9. The molecule has 1 saturated heterocycles. The van der Waals surface area contributed by atoms with Gasteiger partial charge in [0.1, 0.15) is 0 Å². The van der Waals surface area contributed by atoms with Crippen molar-refractivity contribution >= 4 is 31.9 Å². The highest BCUT2D eigenvalue weighted by Crippen LogP contribution is 2.21. The van der Waals surface area contributed by atoms with E-state index in [-0.39, 0.29) is 0 Å². The molecule has 1 aliphatic rings. The van der Waals surface area contributed by atoms with Gasteiger partial charge < -0.3 is 10.2 Å². The molecule has 18 heavy (non-hydrogen) atoms. The first-order valence-corrected chi connectivity index (χ1v) is 7.86. The molecular weight excluding hydrogens is 358 g/mol. The number of hydrogen-bond acceptors (Lipinski definition) is 3. The van der Waals surface area contributed by atoms with Crippen molar-refractivity contribution < 1.29 is 0 Å². The fourth-order valence-electron chi connectivity index (χ4n) is 2.46. The first-order valence-electron chi connectivity index (χ1n) is 6.28. The lowest BCUT2D eigenvalue weighted by molar-refractivity contribution is 0.174. The molecule has 0 radical (unpaired) electrons. The zero-order valence-corrected chi connectivity index (χ0v) is 14.0. The van der Waals surface area contributed by atoms with Gasteiger partial charge in [-0.25, -0.2) is 0 Å². The number of piperidine rings is 1. The van der Waals surface area contributed by atoms with Crippen molar-refractivity contribution in [2.75, 3.05) is 20.1 Å². The van der Waals surface area contributed by atoms with Crippen LogP contribution < -0.4 is 5.32 Å². The summed E-state index contributed by atoms with van der Waals surface area (Å²) in [5.41, 5.74) is 1.07. The molecule has 2 atom stereocenters. The van der Waals surface area contributed by atoms with Crippen LogP contribution >= 0.6 is 31.9 Å². The monoisotopic (exact) mass is 375 g/mol.